The Balaban J connectivity index is 0.00000338. The van der Waals surface area contributed by atoms with Crippen molar-refractivity contribution >= 4 is 28.3 Å². The Bertz CT molecular complexity index is 714. The van der Waals surface area contributed by atoms with Gasteiger partial charge in [0.1, 0.15) is 0 Å². The Morgan fingerprint density at radius 3 is 2.62 bits per heavy atom. The molecule has 8 nitrogen and oxygen atoms in total. The standard InChI is InChI=1S/C16H25N3O5S.ClH/c1-12(11-17)19(2)16(20)6-7-18-25(21,22)13-4-5-14-15(10-13)24-9-3-8-23-14;/h4-5,10,12,18H,3,6-9,11,17H2,1-2H3;1H. The van der Waals surface area contributed by atoms with Gasteiger partial charge in [0.25, 0.3) is 0 Å². The fourth-order valence-corrected chi connectivity index (χ4v) is 3.31. The van der Waals surface area contributed by atoms with Crippen molar-refractivity contribution in [1.29, 1.82) is 0 Å². The van der Waals surface area contributed by atoms with Crippen LogP contribution in [-0.2, 0) is 14.8 Å². The predicted octanol–water partition coefficient (Wildman–Crippen LogP) is 0.744. The van der Waals surface area contributed by atoms with Gasteiger partial charge in [0, 0.05) is 45.1 Å². The zero-order valence-corrected chi connectivity index (χ0v) is 16.6. The van der Waals surface area contributed by atoms with Crippen molar-refractivity contribution in [3.05, 3.63) is 18.2 Å². The maximum Gasteiger partial charge on any atom is 0.240 e. The molecular weight excluding hydrogens is 382 g/mol. The van der Waals surface area contributed by atoms with Crippen LogP contribution in [0.3, 0.4) is 0 Å². The summed E-state index contributed by atoms with van der Waals surface area (Å²) in [6.45, 7) is 3.21. The van der Waals surface area contributed by atoms with Crippen molar-refractivity contribution in [3.8, 4) is 11.5 Å². The quantitative estimate of drug-likeness (QED) is 0.689. The van der Waals surface area contributed by atoms with E-state index in [0.717, 1.165) is 6.42 Å². The minimum Gasteiger partial charge on any atom is -0.490 e. The van der Waals surface area contributed by atoms with Gasteiger partial charge in [-0.25, -0.2) is 13.1 Å². The second-order valence-electron chi connectivity index (χ2n) is 5.90. The predicted molar refractivity (Wildman–Crippen MR) is 100 cm³/mol. The van der Waals surface area contributed by atoms with E-state index in [-0.39, 0.29) is 42.2 Å². The number of carbonyl (C=O) groups is 1. The molecule has 148 valence electrons. The molecule has 2 rings (SSSR count). The number of nitrogens with zero attached hydrogens (tertiary/aromatic N) is 1. The lowest BCUT2D eigenvalue weighted by Gasteiger charge is -2.23. The minimum absolute atomic E-state index is 0. The molecule has 1 aliphatic heterocycles. The topological polar surface area (TPSA) is 111 Å². The van der Waals surface area contributed by atoms with E-state index in [1.165, 1.54) is 17.0 Å². The number of likely N-dealkylation sites (N-methyl/N-ethyl adjacent to an activating group) is 1. The molecule has 1 aromatic rings. The highest BCUT2D eigenvalue weighted by atomic mass is 35.5. The van der Waals surface area contributed by atoms with E-state index in [0.29, 0.717) is 31.3 Å². The molecule has 0 saturated heterocycles. The van der Waals surface area contributed by atoms with Gasteiger partial charge in [-0.3, -0.25) is 4.79 Å². The molecule has 0 aromatic heterocycles. The van der Waals surface area contributed by atoms with E-state index in [1.807, 2.05) is 6.92 Å². The summed E-state index contributed by atoms with van der Waals surface area (Å²) in [7, 11) is -2.08. The highest BCUT2D eigenvalue weighted by Crippen LogP contribution is 2.31. The summed E-state index contributed by atoms with van der Waals surface area (Å²) in [4.78, 5) is 13.6. The average molecular weight is 408 g/mol. The van der Waals surface area contributed by atoms with Crippen LogP contribution in [-0.4, -0.2) is 58.6 Å². The average Bonchev–Trinajstić information content (AvgIpc) is 2.84. The lowest BCUT2D eigenvalue weighted by molar-refractivity contribution is -0.131. The van der Waals surface area contributed by atoms with Gasteiger partial charge in [-0.15, -0.1) is 12.4 Å². The van der Waals surface area contributed by atoms with Gasteiger partial charge in [0.15, 0.2) is 11.5 Å². The number of nitrogens with one attached hydrogen (secondary N) is 1. The fraction of sp³-hybridized carbons (Fsp3) is 0.562. The Morgan fingerprint density at radius 1 is 1.31 bits per heavy atom. The molecule has 0 saturated carbocycles. The van der Waals surface area contributed by atoms with Gasteiger partial charge in [0.05, 0.1) is 18.1 Å². The molecule has 0 spiro atoms. The number of nitrogens with two attached hydrogens (primary N) is 1. The maximum atomic E-state index is 12.4. The molecule has 0 radical (unpaired) electrons. The van der Waals surface area contributed by atoms with Crippen LogP contribution in [0.15, 0.2) is 23.1 Å². The molecule has 0 aliphatic carbocycles. The number of hydrogen-bond donors (Lipinski definition) is 2. The largest absolute Gasteiger partial charge is 0.490 e. The summed E-state index contributed by atoms with van der Waals surface area (Å²) >= 11 is 0. The third-order valence-electron chi connectivity index (χ3n) is 4.06. The van der Waals surface area contributed by atoms with Crippen LogP contribution in [0, 0.1) is 0 Å². The number of rotatable bonds is 7. The van der Waals surface area contributed by atoms with E-state index in [1.54, 1.807) is 13.1 Å². The summed E-state index contributed by atoms with van der Waals surface area (Å²) < 4.78 is 38.2. The zero-order chi connectivity index (χ0) is 18.4. The van der Waals surface area contributed by atoms with Crippen LogP contribution in [0.5, 0.6) is 11.5 Å². The number of fused-ring (bicyclic) bond motifs is 1. The summed E-state index contributed by atoms with van der Waals surface area (Å²) in [6, 6.07) is 4.39. The molecule has 0 fully saturated rings. The summed E-state index contributed by atoms with van der Waals surface area (Å²) in [5.41, 5.74) is 5.52. The molecule has 1 aromatic carbocycles. The van der Waals surface area contributed by atoms with Gasteiger partial charge in [-0.1, -0.05) is 0 Å². The summed E-state index contributed by atoms with van der Waals surface area (Å²) in [5.74, 6) is 0.774. The van der Waals surface area contributed by atoms with Gasteiger partial charge < -0.3 is 20.1 Å². The van der Waals surface area contributed by atoms with Crippen LogP contribution in [0.4, 0.5) is 0 Å². The van der Waals surface area contributed by atoms with E-state index in [4.69, 9.17) is 15.2 Å². The molecule has 10 heteroatoms. The SMILES string of the molecule is CC(CN)N(C)C(=O)CCNS(=O)(=O)c1ccc2c(c1)OCCCO2.Cl. The van der Waals surface area contributed by atoms with Crippen molar-refractivity contribution in [2.75, 3.05) is 33.4 Å². The van der Waals surface area contributed by atoms with Crippen molar-refractivity contribution < 1.29 is 22.7 Å². The Kier molecular flexibility index (Phi) is 8.61. The van der Waals surface area contributed by atoms with Gasteiger partial charge in [-0.2, -0.15) is 0 Å². The molecule has 1 amide bonds. The number of benzene rings is 1. The number of carbonyl (C=O) groups excluding carboxylic acids is 1. The lowest BCUT2D eigenvalue weighted by Crippen LogP contribution is -2.41. The van der Waals surface area contributed by atoms with E-state index < -0.39 is 10.0 Å². The molecule has 26 heavy (non-hydrogen) atoms. The van der Waals surface area contributed by atoms with E-state index >= 15 is 0 Å². The molecule has 0 bridgehead atoms. The first-order valence-electron chi connectivity index (χ1n) is 8.20. The van der Waals surface area contributed by atoms with Gasteiger partial charge in [0.2, 0.25) is 15.9 Å². The first-order valence-corrected chi connectivity index (χ1v) is 9.68. The number of sulfonamides is 1. The second-order valence-corrected chi connectivity index (χ2v) is 7.66. The van der Waals surface area contributed by atoms with E-state index in [2.05, 4.69) is 4.72 Å². The first kappa shape index (κ1) is 22.5. The van der Waals surface area contributed by atoms with Crippen molar-refractivity contribution in [2.45, 2.75) is 30.7 Å². The van der Waals surface area contributed by atoms with Crippen LogP contribution in [0.1, 0.15) is 19.8 Å². The first-order chi connectivity index (χ1) is 11.8. The van der Waals surface area contributed by atoms with Crippen LogP contribution in [0.25, 0.3) is 0 Å². The number of halogens is 1. The third-order valence-corrected chi connectivity index (χ3v) is 5.51. The number of hydrogen-bond acceptors (Lipinski definition) is 6. The highest BCUT2D eigenvalue weighted by molar-refractivity contribution is 7.89. The summed E-state index contributed by atoms with van der Waals surface area (Å²) in [6.07, 6.45) is 0.802. The molecule has 1 atom stereocenters. The van der Waals surface area contributed by atoms with Crippen molar-refractivity contribution in [3.63, 3.8) is 0 Å². The van der Waals surface area contributed by atoms with Crippen molar-refractivity contribution in [2.24, 2.45) is 5.73 Å². The normalized spacial score (nSPS) is 14.7. The van der Waals surface area contributed by atoms with Crippen molar-refractivity contribution in [1.82, 2.24) is 9.62 Å². The smallest absolute Gasteiger partial charge is 0.240 e. The molecule has 1 heterocycles. The van der Waals surface area contributed by atoms with Gasteiger partial charge in [-0.05, 0) is 19.1 Å². The molecular formula is C16H26ClN3O5S. The van der Waals surface area contributed by atoms with E-state index in [9.17, 15) is 13.2 Å². The van der Waals surface area contributed by atoms with Gasteiger partial charge >= 0.3 is 0 Å². The second kappa shape index (κ2) is 9.96. The van der Waals surface area contributed by atoms with Crippen LogP contribution < -0.4 is 19.9 Å². The fourth-order valence-electron chi connectivity index (χ4n) is 2.27. The number of ether oxygens (including phenoxy) is 2. The molecule has 1 aliphatic rings. The lowest BCUT2D eigenvalue weighted by atomic mass is 10.2. The third kappa shape index (κ3) is 5.73. The van der Waals surface area contributed by atoms with Crippen LogP contribution in [0.2, 0.25) is 0 Å². The Morgan fingerprint density at radius 2 is 1.96 bits per heavy atom. The molecule has 3 N–H and O–H groups in total. The monoisotopic (exact) mass is 407 g/mol. The summed E-state index contributed by atoms with van der Waals surface area (Å²) in [5, 5.41) is 0. The van der Waals surface area contributed by atoms with Crippen LogP contribution >= 0.6 is 12.4 Å². The Labute approximate surface area is 160 Å². The Hall–Kier alpha value is -1.55. The zero-order valence-electron chi connectivity index (χ0n) is 14.9. The maximum absolute atomic E-state index is 12.4. The number of amides is 1. The molecule has 1 unspecified atom stereocenters. The highest BCUT2D eigenvalue weighted by Gasteiger charge is 2.20. The minimum atomic E-state index is -3.73.